The van der Waals surface area contributed by atoms with Gasteiger partial charge in [0.15, 0.2) is 0 Å². The minimum atomic E-state index is -0.524. The number of piperazine rings is 1. The SMILES string of the molecule is N#Cc1ccc(CN2CCN([C@@H]3Cc4ccccc4[C@@H]3O)CC2=O)cc1. The molecule has 5 nitrogen and oxygen atoms in total. The summed E-state index contributed by atoms with van der Waals surface area (Å²) in [4.78, 5) is 16.6. The van der Waals surface area contributed by atoms with Gasteiger partial charge in [0.05, 0.1) is 24.3 Å². The Morgan fingerprint density at radius 1 is 1.12 bits per heavy atom. The average molecular weight is 347 g/mol. The average Bonchev–Trinajstić information content (AvgIpc) is 3.01. The van der Waals surface area contributed by atoms with Gasteiger partial charge < -0.3 is 10.0 Å². The minimum Gasteiger partial charge on any atom is -0.387 e. The fraction of sp³-hybridized carbons (Fsp3) is 0.333. The van der Waals surface area contributed by atoms with E-state index in [2.05, 4.69) is 17.0 Å². The molecule has 5 heteroatoms. The van der Waals surface area contributed by atoms with E-state index >= 15 is 0 Å². The van der Waals surface area contributed by atoms with Gasteiger partial charge in [0.2, 0.25) is 5.91 Å². The standard InChI is InChI=1S/C21H21N3O2/c22-12-15-5-7-16(8-6-15)13-24-10-9-23(14-20(24)25)19-11-17-3-1-2-4-18(17)21(19)26/h1-8,19,21,26H,9-11,13-14H2/t19-,21+/m1/s1. The predicted octanol–water partition coefficient (Wildman–Crippen LogP) is 1.86. The third kappa shape index (κ3) is 3.10. The number of aliphatic hydroxyl groups excluding tert-OH is 1. The zero-order valence-electron chi connectivity index (χ0n) is 14.5. The quantitative estimate of drug-likeness (QED) is 0.920. The summed E-state index contributed by atoms with van der Waals surface area (Å²) in [6.45, 7) is 2.31. The molecule has 1 N–H and O–H groups in total. The number of nitriles is 1. The molecule has 1 heterocycles. The van der Waals surface area contributed by atoms with Gasteiger partial charge in [-0.25, -0.2) is 0 Å². The highest BCUT2D eigenvalue weighted by Gasteiger charge is 2.38. The van der Waals surface area contributed by atoms with Gasteiger partial charge in [-0.05, 0) is 35.2 Å². The van der Waals surface area contributed by atoms with Gasteiger partial charge in [0, 0.05) is 25.7 Å². The van der Waals surface area contributed by atoms with Crippen molar-refractivity contribution < 1.29 is 9.90 Å². The lowest BCUT2D eigenvalue weighted by Crippen LogP contribution is -2.54. The molecular formula is C21H21N3O2. The molecule has 2 aromatic rings. The molecular weight excluding hydrogens is 326 g/mol. The number of carbonyl (C=O) groups is 1. The maximum absolute atomic E-state index is 12.6. The summed E-state index contributed by atoms with van der Waals surface area (Å²) < 4.78 is 0. The van der Waals surface area contributed by atoms with Crippen molar-refractivity contribution in [2.45, 2.75) is 25.1 Å². The normalized spacial score (nSPS) is 22.9. The number of fused-ring (bicyclic) bond motifs is 1. The number of aliphatic hydroxyl groups is 1. The van der Waals surface area contributed by atoms with E-state index in [9.17, 15) is 9.90 Å². The number of carbonyl (C=O) groups excluding carboxylic acids is 1. The van der Waals surface area contributed by atoms with Crippen LogP contribution >= 0.6 is 0 Å². The lowest BCUT2D eigenvalue weighted by molar-refractivity contribution is -0.138. The van der Waals surface area contributed by atoms with Gasteiger partial charge >= 0.3 is 0 Å². The molecule has 1 aliphatic carbocycles. The largest absolute Gasteiger partial charge is 0.387 e. The van der Waals surface area contributed by atoms with Crippen LogP contribution in [0.5, 0.6) is 0 Å². The topological polar surface area (TPSA) is 67.6 Å². The summed E-state index contributed by atoms with van der Waals surface area (Å²) in [5.74, 6) is 0.0868. The smallest absolute Gasteiger partial charge is 0.237 e. The van der Waals surface area contributed by atoms with Gasteiger partial charge in [-0.3, -0.25) is 9.69 Å². The third-order valence-electron chi connectivity index (χ3n) is 5.44. The number of hydrogen-bond donors (Lipinski definition) is 1. The molecule has 2 aromatic carbocycles. The van der Waals surface area contributed by atoms with Gasteiger partial charge in [-0.1, -0.05) is 36.4 Å². The van der Waals surface area contributed by atoms with Crippen molar-refractivity contribution in [1.82, 2.24) is 9.80 Å². The number of amides is 1. The van der Waals surface area contributed by atoms with Crippen molar-refractivity contribution in [3.63, 3.8) is 0 Å². The van der Waals surface area contributed by atoms with E-state index in [1.54, 1.807) is 12.1 Å². The van der Waals surface area contributed by atoms with Crippen LogP contribution in [0, 0.1) is 11.3 Å². The molecule has 132 valence electrons. The summed E-state index contributed by atoms with van der Waals surface area (Å²) in [6.07, 6.45) is 0.268. The van der Waals surface area contributed by atoms with Crippen molar-refractivity contribution in [2.24, 2.45) is 0 Å². The molecule has 2 aliphatic rings. The van der Waals surface area contributed by atoms with Gasteiger partial charge in [0.1, 0.15) is 0 Å². The maximum Gasteiger partial charge on any atom is 0.237 e. The summed E-state index contributed by atoms with van der Waals surface area (Å²) in [7, 11) is 0. The molecule has 0 saturated carbocycles. The van der Waals surface area contributed by atoms with Crippen molar-refractivity contribution in [2.75, 3.05) is 19.6 Å². The Bertz CT molecular complexity index is 856. The summed E-state index contributed by atoms with van der Waals surface area (Å²) >= 11 is 0. The van der Waals surface area contributed by atoms with Crippen molar-refractivity contribution in [3.8, 4) is 6.07 Å². The zero-order chi connectivity index (χ0) is 18.1. The molecule has 0 bridgehead atoms. The molecule has 4 rings (SSSR count). The van der Waals surface area contributed by atoms with E-state index in [4.69, 9.17) is 5.26 Å². The Kier molecular flexibility index (Phi) is 4.46. The summed E-state index contributed by atoms with van der Waals surface area (Å²) in [6, 6.07) is 17.4. The molecule has 1 fully saturated rings. The Labute approximate surface area is 153 Å². The van der Waals surface area contributed by atoms with Crippen LogP contribution < -0.4 is 0 Å². The van der Waals surface area contributed by atoms with Gasteiger partial charge in [-0.2, -0.15) is 5.26 Å². The highest BCUT2D eigenvalue weighted by atomic mass is 16.3. The number of benzene rings is 2. The minimum absolute atomic E-state index is 0.0200. The molecule has 0 spiro atoms. The second-order valence-corrected chi connectivity index (χ2v) is 7.01. The van der Waals surface area contributed by atoms with Crippen LogP contribution in [0.2, 0.25) is 0 Å². The van der Waals surface area contributed by atoms with Crippen LogP contribution in [-0.2, 0) is 17.8 Å². The first-order valence-electron chi connectivity index (χ1n) is 8.92. The highest BCUT2D eigenvalue weighted by Crippen LogP contribution is 2.34. The van der Waals surface area contributed by atoms with Gasteiger partial charge in [-0.15, -0.1) is 0 Å². The van der Waals surface area contributed by atoms with E-state index in [0.29, 0.717) is 25.2 Å². The predicted molar refractivity (Wildman–Crippen MR) is 97.0 cm³/mol. The van der Waals surface area contributed by atoms with E-state index in [1.807, 2.05) is 35.2 Å². The Morgan fingerprint density at radius 3 is 2.58 bits per heavy atom. The fourth-order valence-corrected chi connectivity index (χ4v) is 3.96. The highest BCUT2D eigenvalue weighted by molar-refractivity contribution is 5.79. The van der Waals surface area contributed by atoms with Crippen LogP contribution in [-0.4, -0.2) is 46.5 Å². The Balaban J connectivity index is 1.39. The van der Waals surface area contributed by atoms with Gasteiger partial charge in [0.25, 0.3) is 0 Å². The molecule has 0 unspecified atom stereocenters. The summed E-state index contributed by atoms with van der Waals surface area (Å²) in [5, 5.41) is 19.5. The molecule has 0 aromatic heterocycles. The fourth-order valence-electron chi connectivity index (χ4n) is 3.96. The van der Waals surface area contributed by atoms with Crippen LogP contribution in [0.25, 0.3) is 0 Å². The second kappa shape index (κ2) is 6.91. The van der Waals surface area contributed by atoms with E-state index in [1.165, 1.54) is 5.56 Å². The Hall–Kier alpha value is -2.68. The first-order valence-corrected chi connectivity index (χ1v) is 8.92. The van der Waals surface area contributed by atoms with Crippen LogP contribution in [0.4, 0.5) is 0 Å². The first-order chi connectivity index (χ1) is 12.7. The number of rotatable bonds is 3. The monoisotopic (exact) mass is 347 g/mol. The molecule has 0 radical (unpaired) electrons. The lowest BCUT2D eigenvalue weighted by atomic mass is 10.1. The van der Waals surface area contributed by atoms with Crippen LogP contribution in [0.15, 0.2) is 48.5 Å². The molecule has 1 aliphatic heterocycles. The first kappa shape index (κ1) is 16.8. The summed E-state index contributed by atoms with van der Waals surface area (Å²) in [5.41, 5.74) is 3.82. The Morgan fingerprint density at radius 2 is 1.88 bits per heavy atom. The van der Waals surface area contributed by atoms with E-state index in [0.717, 1.165) is 24.1 Å². The number of hydrogen-bond acceptors (Lipinski definition) is 4. The van der Waals surface area contributed by atoms with Crippen molar-refractivity contribution in [1.29, 1.82) is 5.26 Å². The molecule has 1 saturated heterocycles. The maximum atomic E-state index is 12.6. The molecule has 26 heavy (non-hydrogen) atoms. The van der Waals surface area contributed by atoms with Crippen molar-refractivity contribution in [3.05, 3.63) is 70.8 Å². The van der Waals surface area contributed by atoms with E-state index in [-0.39, 0.29) is 11.9 Å². The zero-order valence-corrected chi connectivity index (χ0v) is 14.5. The van der Waals surface area contributed by atoms with Crippen molar-refractivity contribution >= 4 is 5.91 Å². The third-order valence-corrected chi connectivity index (χ3v) is 5.44. The molecule has 1 amide bonds. The van der Waals surface area contributed by atoms with Crippen LogP contribution in [0.1, 0.15) is 28.4 Å². The van der Waals surface area contributed by atoms with E-state index < -0.39 is 6.10 Å². The second-order valence-electron chi connectivity index (χ2n) is 7.01. The molecule has 2 atom stereocenters. The number of nitrogens with zero attached hydrogens (tertiary/aromatic N) is 3. The lowest BCUT2D eigenvalue weighted by Gasteiger charge is -2.38. The van der Waals surface area contributed by atoms with Crippen LogP contribution in [0.3, 0.4) is 0 Å².